The van der Waals surface area contributed by atoms with Gasteiger partial charge in [-0.25, -0.2) is 0 Å². The highest BCUT2D eigenvalue weighted by Gasteiger charge is 2.20. The van der Waals surface area contributed by atoms with Crippen molar-refractivity contribution < 1.29 is 0 Å². The zero-order valence-corrected chi connectivity index (χ0v) is 13.0. The second kappa shape index (κ2) is 8.00. The average Bonchev–Trinajstić information content (AvgIpc) is 2.43. The molecule has 20 heavy (non-hydrogen) atoms. The van der Waals surface area contributed by atoms with E-state index in [9.17, 15) is 0 Å². The third kappa shape index (κ3) is 5.70. The van der Waals surface area contributed by atoms with Gasteiger partial charge in [0, 0.05) is 24.4 Å². The lowest BCUT2D eigenvalue weighted by Crippen LogP contribution is -2.31. The Bertz CT molecular complexity index is 400. The number of aromatic nitrogens is 1. The molecule has 0 aliphatic carbocycles. The van der Waals surface area contributed by atoms with E-state index in [4.69, 9.17) is 11.1 Å². The Kier molecular flexibility index (Phi) is 6.65. The molecule has 3 N–H and O–H groups in total. The lowest BCUT2D eigenvalue weighted by atomic mass is 9.86. The molecule has 0 unspecified atom stereocenters. The van der Waals surface area contributed by atoms with Crippen LogP contribution >= 0.6 is 0 Å². The minimum Gasteiger partial charge on any atom is -0.387 e. The zero-order chi connectivity index (χ0) is 15.0. The second-order valence-electron chi connectivity index (χ2n) is 5.98. The van der Waals surface area contributed by atoms with Gasteiger partial charge in [0.05, 0.1) is 5.84 Å². The van der Waals surface area contributed by atoms with Crippen molar-refractivity contribution in [3.05, 3.63) is 30.1 Å². The Balaban J connectivity index is 2.30. The first-order chi connectivity index (χ1) is 9.45. The number of nitrogens with zero attached hydrogens (tertiary/aromatic N) is 2. The van der Waals surface area contributed by atoms with Gasteiger partial charge in [-0.3, -0.25) is 15.3 Å². The minimum atomic E-state index is -0.165. The van der Waals surface area contributed by atoms with Crippen molar-refractivity contribution in [2.75, 3.05) is 13.1 Å². The van der Waals surface area contributed by atoms with Gasteiger partial charge in [-0.05, 0) is 43.6 Å². The van der Waals surface area contributed by atoms with Crippen LogP contribution in [0, 0.1) is 10.8 Å². The lowest BCUT2D eigenvalue weighted by Gasteiger charge is -2.24. The minimum absolute atomic E-state index is 0.165. The van der Waals surface area contributed by atoms with Crippen LogP contribution in [0.3, 0.4) is 0 Å². The highest BCUT2D eigenvalue weighted by atomic mass is 15.1. The molecule has 0 radical (unpaired) electrons. The lowest BCUT2D eigenvalue weighted by molar-refractivity contribution is 0.268. The fourth-order valence-corrected chi connectivity index (χ4v) is 2.13. The Labute approximate surface area is 122 Å². The number of amidine groups is 1. The van der Waals surface area contributed by atoms with Crippen molar-refractivity contribution in [1.29, 1.82) is 5.41 Å². The molecule has 112 valence electrons. The summed E-state index contributed by atoms with van der Waals surface area (Å²) in [6.07, 6.45) is 6.93. The molecule has 0 fully saturated rings. The molecule has 4 nitrogen and oxygen atoms in total. The van der Waals surface area contributed by atoms with Crippen molar-refractivity contribution in [1.82, 2.24) is 9.88 Å². The van der Waals surface area contributed by atoms with Crippen molar-refractivity contribution in [3.63, 3.8) is 0 Å². The van der Waals surface area contributed by atoms with Crippen molar-refractivity contribution in [3.8, 4) is 0 Å². The predicted octanol–water partition coefficient (Wildman–Crippen LogP) is 3.04. The first kappa shape index (κ1) is 16.6. The molecule has 0 amide bonds. The van der Waals surface area contributed by atoms with Gasteiger partial charge >= 0.3 is 0 Å². The topological polar surface area (TPSA) is 66.0 Å². The van der Waals surface area contributed by atoms with E-state index < -0.39 is 0 Å². The van der Waals surface area contributed by atoms with E-state index in [2.05, 4.69) is 28.9 Å². The molecule has 1 heterocycles. The SMILES string of the molecule is CCN(CCCCC(C)(C)C(=N)N)Cc1ccncc1. The van der Waals surface area contributed by atoms with Crippen LogP contribution in [-0.4, -0.2) is 28.8 Å². The van der Waals surface area contributed by atoms with Crippen molar-refractivity contribution in [2.45, 2.75) is 46.6 Å². The van der Waals surface area contributed by atoms with Gasteiger partial charge in [0.25, 0.3) is 0 Å². The third-order valence-electron chi connectivity index (χ3n) is 3.86. The Morgan fingerprint density at radius 1 is 1.30 bits per heavy atom. The van der Waals surface area contributed by atoms with E-state index in [0.29, 0.717) is 5.84 Å². The predicted molar refractivity (Wildman–Crippen MR) is 84.7 cm³/mol. The molecule has 0 aromatic carbocycles. The fourth-order valence-electron chi connectivity index (χ4n) is 2.13. The van der Waals surface area contributed by atoms with Gasteiger partial charge in [-0.1, -0.05) is 27.2 Å². The monoisotopic (exact) mass is 276 g/mol. The molecular weight excluding hydrogens is 248 g/mol. The zero-order valence-electron chi connectivity index (χ0n) is 13.0. The van der Waals surface area contributed by atoms with Gasteiger partial charge < -0.3 is 5.73 Å². The maximum atomic E-state index is 7.56. The Hall–Kier alpha value is -1.42. The number of pyridine rings is 1. The van der Waals surface area contributed by atoms with Crippen LogP contribution in [-0.2, 0) is 6.54 Å². The molecule has 0 spiro atoms. The molecule has 0 saturated heterocycles. The van der Waals surface area contributed by atoms with Crippen molar-refractivity contribution >= 4 is 5.84 Å². The molecule has 1 aromatic rings. The van der Waals surface area contributed by atoms with Gasteiger partial charge in [0.1, 0.15) is 0 Å². The molecule has 0 saturated carbocycles. The fraction of sp³-hybridized carbons (Fsp3) is 0.625. The highest BCUT2D eigenvalue weighted by Crippen LogP contribution is 2.22. The normalized spacial score (nSPS) is 11.8. The molecular formula is C16H28N4. The van der Waals surface area contributed by atoms with Gasteiger partial charge in [-0.15, -0.1) is 0 Å². The second-order valence-corrected chi connectivity index (χ2v) is 5.98. The maximum Gasteiger partial charge on any atom is 0.0963 e. The highest BCUT2D eigenvalue weighted by molar-refractivity contribution is 5.82. The quantitative estimate of drug-likeness (QED) is 0.414. The first-order valence-corrected chi connectivity index (χ1v) is 7.41. The first-order valence-electron chi connectivity index (χ1n) is 7.41. The number of hydrogen-bond donors (Lipinski definition) is 2. The number of rotatable bonds is 9. The average molecular weight is 276 g/mol. The molecule has 0 atom stereocenters. The van der Waals surface area contributed by atoms with E-state index in [1.807, 2.05) is 26.2 Å². The van der Waals surface area contributed by atoms with Gasteiger partial charge in [0.15, 0.2) is 0 Å². The smallest absolute Gasteiger partial charge is 0.0963 e. The summed E-state index contributed by atoms with van der Waals surface area (Å²) in [7, 11) is 0. The standard InChI is InChI=1S/C16H28N4/c1-4-20(13-14-7-10-19-11-8-14)12-6-5-9-16(2,3)15(17)18/h7-8,10-11H,4-6,9,12-13H2,1-3H3,(H3,17,18). The summed E-state index contributed by atoms with van der Waals surface area (Å²) >= 11 is 0. The molecule has 0 bridgehead atoms. The molecule has 1 aromatic heterocycles. The molecule has 0 aliphatic rings. The molecule has 1 rings (SSSR count). The molecule has 4 heteroatoms. The summed E-state index contributed by atoms with van der Waals surface area (Å²) in [5.41, 5.74) is 6.75. The Morgan fingerprint density at radius 2 is 1.95 bits per heavy atom. The summed E-state index contributed by atoms with van der Waals surface area (Å²) in [5.74, 6) is 0.293. The van der Waals surface area contributed by atoms with Gasteiger partial charge in [0.2, 0.25) is 0 Å². The van der Waals surface area contributed by atoms with E-state index >= 15 is 0 Å². The largest absolute Gasteiger partial charge is 0.387 e. The van der Waals surface area contributed by atoms with Crippen LogP contribution in [0.15, 0.2) is 24.5 Å². The van der Waals surface area contributed by atoms with E-state index in [-0.39, 0.29) is 5.41 Å². The summed E-state index contributed by atoms with van der Waals surface area (Å²) in [6.45, 7) is 9.41. The van der Waals surface area contributed by atoms with Crippen LogP contribution in [0.1, 0.15) is 45.6 Å². The van der Waals surface area contributed by atoms with Gasteiger partial charge in [-0.2, -0.15) is 0 Å². The van der Waals surface area contributed by atoms with Crippen LogP contribution in [0.5, 0.6) is 0 Å². The number of nitrogens with one attached hydrogen (secondary N) is 1. The van der Waals surface area contributed by atoms with E-state index in [1.54, 1.807) is 0 Å². The van der Waals surface area contributed by atoms with E-state index in [0.717, 1.165) is 38.9 Å². The summed E-state index contributed by atoms with van der Waals surface area (Å²) < 4.78 is 0. The van der Waals surface area contributed by atoms with Crippen LogP contribution in [0.2, 0.25) is 0 Å². The summed E-state index contributed by atoms with van der Waals surface area (Å²) in [5, 5.41) is 7.56. The van der Waals surface area contributed by atoms with Crippen molar-refractivity contribution in [2.24, 2.45) is 11.1 Å². The van der Waals surface area contributed by atoms with Crippen LogP contribution < -0.4 is 5.73 Å². The maximum absolute atomic E-state index is 7.56. The van der Waals surface area contributed by atoms with Crippen LogP contribution in [0.4, 0.5) is 0 Å². The Morgan fingerprint density at radius 3 is 2.50 bits per heavy atom. The van der Waals surface area contributed by atoms with E-state index in [1.165, 1.54) is 5.56 Å². The third-order valence-corrected chi connectivity index (χ3v) is 3.86. The number of unbranched alkanes of at least 4 members (excludes halogenated alkanes) is 1. The summed E-state index contributed by atoms with van der Waals surface area (Å²) in [4.78, 5) is 6.49. The van der Waals surface area contributed by atoms with Crippen LogP contribution in [0.25, 0.3) is 0 Å². The number of hydrogen-bond acceptors (Lipinski definition) is 3. The molecule has 0 aliphatic heterocycles. The number of nitrogens with two attached hydrogens (primary N) is 1. The summed E-state index contributed by atoms with van der Waals surface area (Å²) in [6, 6.07) is 4.14.